The molecule has 0 bridgehead atoms. The van der Waals surface area contributed by atoms with Crippen molar-refractivity contribution in [3.63, 3.8) is 0 Å². The van der Waals surface area contributed by atoms with E-state index in [1.165, 1.54) is 30.3 Å². The summed E-state index contributed by atoms with van der Waals surface area (Å²) >= 11 is 0. The van der Waals surface area contributed by atoms with E-state index in [0.717, 1.165) is 12.1 Å². The van der Waals surface area contributed by atoms with Gasteiger partial charge in [0.25, 0.3) is 17.5 Å². The number of benzene rings is 2. The van der Waals surface area contributed by atoms with Crippen molar-refractivity contribution >= 4 is 35.1 Å². The zero-order valence-electron chi connectivity index (χ0n) is 15.8. The van der Waals surface area contributed by atoms with E-state index in [1.54, 1.807) is 6.92 Å². The van der Waals surface area contributed by atoms with Gasteiger partial charge >= 0.3 is 5.97 Å². The quantitative estimate of drug-likeness (QED) is 0.331. The zero-order chi connectivity index (χ0) is 22.3. The van der Waals surface area contributed by atoms with Gasteiger partial charge in [-0.15, -0.1) is 0 Å². The number of carbonyl (C=O) groups excluding carboxylic acids is 4. The molecular formula is C19H18N4O7. The molecule has 0 fully saturated rings. The van der Waals surface area contributed by atoms with Crippen LogP contribution in [0.4, 0.5) is 11.4 Å². The average molecular weight is 414 g/mol. The van der Waals surface area contributed by atoms with Crippen molar-refractivity contribution in [3.05, 3.63) is 69.3 Å². The molecule has 4 N–H and O–H groups in total. The number of hydrogen-bond acceptors (Lipinski definition) is 7. The molecule has 0 heterocycles. The Labute approximate surface area is 170 Å². The van der Waals surface area contributed by atoms with Gasteiger partial charge in [0.05, 0.1) is 23.6 Å². The van der Waals surface area contributed by atoms with Gasteiger partial charge in [-0.3, -0.25) is 24.5 Å². The number of ether oxygens (including phenoxy) is 1. The maximum atomic E-state index is 12.5. The molecule has 0 aliphatic rings. The molecule has 0 unspecified atom stereocenters. The first-order chi connectivity index (χ1) is 14.2. The second-order valence-corrected chi connectivity index (χ2v) is 5.93. The van der Waals surface area contributed by atoms with Crippen LogP contribution in [0.25, 0.3) is 0 Å². The highest BCUT2D eigenvalue weighted by atomic mass is 16.6. The van der Waals surface area contributed by atoms with Gasteiger partial charge < -0.3 is 21.1 Å². The first-order valence-corrected chi connectivity index (χ1v) is 8.65. The number of amides is 3. The number of rotatable bonds is 8. The van der Waals surface area contributed by atoms with E-state index in [4.69, 9.17) is 10.5 Å². The van der Waals surface area contributed by atoms with Crippen LogP contribution in [0.1, 0.15) is 38.0 Å². The molecule has 30 heavy (non-hydrogen) atoms. The molecule has 11 nitrogen and oxygen atoms in total. The number of nitrogens with zero attached hydrogens (tertiary/aromatic N) is 1. The lowest BCUT2D eigenvalue weighted by Crippen LogP contribution is -2.33. The van der Waals surface area contributed by atoms with Crippen molar-refractivity contribution in [2.75, 3.05) is 18.5 Å². The third-order valence-electron chi connectivity index (χ3n) is 3.73. The van der Waals surface area contributed by atoms with Crippen LogP contribution in [0.15, 0.2) is 42.5 Å². The molecule has 0 aliphatic carbocycles. The number of primary amides is 1. The standard InChI is InChI=1S/C19H18N4O7/c1-2-30-19(27)13-7-12(8-15(9-13)23(28)29)18(26)22-14-5-3-11(4-6-14)17(25)21-10-16(20)24/h3-9H,2,10H2,1H3,(H2,20,24)(H,21,25)(H,22,26). The Balaban J connectivity index is 2.18. The fourth-order valence-electron chi connectivity index (χ4n) is 2.36. The highest BCUT2D eigenvalue weighted by Crippen LogP contribution is 2.20. The van der Waals surface area contributed by atoms with Crippen LogP contribution in [-0.2, 0) is 9.53 Å². The predicted octanol–water partition coefficient (Wildman–Crippen LogP) is 1.24. The number of esters is 1. The van der Waals surface area contributed by atoms with Crippen LogP contribution in [0, 0.1) is 10.1 Å². The Kier molecular flexibility index (Phi) is 7.17. The van der Waals surface area contributed by atoms with Crippen LogP contribution >= 0.6 is 0 Å². The summed E-state index contributed by atoms with van der Waals surface area (Å²) in [5.74, 6) is -2.70. The van der Waals surface area contributed by atoms with Crippen molar-refractivity contribution in [2.45, 2.75) is 6.92 Å². The van der Waals surface area contributed by atoms with Gasteiger partial charge in [0.2, 0.25) is 5.91 Å². The minimum Gasteiger partial charge on any atom is -0.462 e. The Morgan fingerprint density at radius 2 is 1.63 bits per heavy atom. The van der Waals surface area contributed by atoms with Gasteiger partial charge in [-0.2, -0.15) is 0 Å². The lowest BCUT2D eigenvalue weighted by atomic mass is 10.1. The SMILES string of the molecule is CCOC(=O)c1cc(C(=O)Nc2ccc(C(=O)NCC(N)=O)cc2)cc([N+](=O)[O-])c1. The maximum Gasteiger partial charge on any atom is 0.338 e. The van der Waals surface area contributed by atoms with E-state index in [-0.39, 0.29) is 29.8 Å². The monoisotopic (exact) mass is 414 g/mol. The molecule has 0 spiro atoms. The molecule has 0 saturated heterocycles. The van der Waals surface area contributed by atoms with Crippen molar-refractivity contribution in [1.82, 2.24) is 5.32 Å². The number of nitrogens with one attached hydrogen (secondary N) is 2. The van der Waals surface area contributed by atoms with Gasteiger partial charge in [-0.05, 0) is 37.3 Å². The van der Waals surface area contributed by atoms with Crippen molar-refractivity contribution in [1.29, 1.82) is 0 Å². The van der Waals surface area contributed by atoms with E-state index in [9.17, 15) is 29.3 Å². The summed E-state index contributed by atoms with van der Waals surface area (Å²) in [6.45, 7) is 1.34. The number of anilines is 1. The third kappa shape index (κ3) is 5.86. The summed E-state index contributed by atoms with van der Waals surface area (Å²) in [5.41, 5.74) is 4.81. The first-order valence-electron chi connectivity index (χ1n) is 8.65. The van der Waals surface area contributed by atoms with Crippen LogP contribution in [0.3, 0.4) is 0 Å². The Morgan fingerprint density at radius 1 is 1.00 bits per heavy atom. The number of nitro groups is 1. The van der Waals surface area contributed by atoms with Gasteiger partial charge in [0, 0.05) is 28.9 Å². The van der Waals surface area contributed by atoms with E-state index in [0.29, 0.717) is 5.69 Å². The normalized spacial score (nSPS) is 10.0. The van der Waals surface area contributed by atoms with E-state index in [1.807, 2.05) is 0 Å². The van der Waals surface area contributed by atoms with E-state index < -0.39 is 34.3 Å². The first kappa shape index (κ1) is 22.0. The van der Waals surface area contributed by atoms with E-state index in [2.05, 4.69) is 10.6 Å². The number of nitrogens with two attached hydrogens (primary N) is 1. The number of hydrogen-bond donors (Lipinski definition) is 3. The smallest absolute Gasteiger partial charge is 0.338 e. The number of nitro benzene ring substituents is 1. The molecule has 11 heteroatoms. The Bertz CT molecular complexity index is 1000. The molecule has 0 atom stereocenters. The largest absolute Gasteiger partial charge is 0.462 e. The van der Waals surface area contributed by atoms with E-state index >= 15 is 0 Å². The lowest BCUT2D eigenvalue weighted by Gasteiger charge is -2.08. The molecular weight excluding hydrogens is 396 g/mol. The second-order valence-electron chi connectivity index (χ2n) is 5.93. The highest BCUT2D eigenvalue weighted by Gasteiger charge is 2.19. The summed E-state index contributed by atoms with van der Waals surface area (Å²) in [5, 5.41) is 16.0. The minimum absolute atomic E-state index is 0.0718. The minimum atomic E-state index is -0.790. The summed E-state index contributed by atoms with van der Waals surface area (Å²) in [7, 11) is 0. The fraction of sp³-hybridized carbons (Fsp3) is 0.158. The predicted molar refractivity (Wildman–Crippen MR) is 105 cm³/mol. The van der Waals surface area contributed by atoms with Crippen molar-refractivity contribution in [2.24, 2.45) is 5.73 Å². The van der Waals surface area contributed by atoms with Crippen LogP contribution in [0.2, 0.25) is 0 Å². The molecule has 0 aliphatic heterocycles. The molecule has 2 aromatic rings. The zero-order valence-corrected chi connectivity index (χ0v) is 15.8. The molecule has 3 amide bonds. The average Bonchev–Trinajstić information content (AvgIpc) is 2.72. The Morgan fingerprint density at radius 3 is 2.20 bits per heavy atom. The summed E-state index contributed by atoms with van der Waals surface area (Å²) in [6, 6.07) is 8.91. The number of non-ortho nitro benzene ring substituents is 1. The van der Waals surface area contributed by atoms with Gasteiger partial charge in [0.15, 0.2) is 0 Å². The molecule has 156 valence electrons. The molecule has 0 saturated carbocycles. The summed E-state index contributed by atoms with van der Waals surface area (Å²) in [6.07, 6.45) is 0. The topological polar surface area (TPSA) is 171 Å². The van der Waals surface area contributed by atoms with Crippen LogP contribution in [0.5, 0.6) is 0 Å². The molecule has 0 radical (unpaired) electrons. The van der Waals surface area contributed by atoms with Gasteiger partial charge in [0.1, 0.15) is 0 Å². The summed E-state index contributed by atoms with van der Waals surface area (Å²) in [4.78, 5) is 57.4. The third-order valence-corrected chi connectivity index (χ3v) is 3.73. The highest BCUT2D eigenvalue weighted by molar-refractivity contribution is 6.06. The molecule has 2 rings (SSSR count). The Hall–Kier alpha value is -4.28. The molecule has 0 aromatic heterocycles. The van der Waals surface area contributed by atoms with Crippen LogP contribution < -0.4 is 16.4 Å². The lowest BCUT2D eigenvalue weighted by molar-refractivity contribution is -0.384. The molecule has 2 aromatic carbocycles. The summed E-state index contributed by atoms with van der Waals surface area (Å²) < 4.78 is 4.83. The van der Waals surface area contributed by atoms with Crippen molar-refractivity contribution in [3.8, 4) is 0 Å². The van der Waals surface area contributed by atoms with Crippen molar-refractivity contribution < 1.29 is 28.8 Å². The second kappa shape index (κ2) is 9.78. The van der Waals surface area contributed by atoms with Crippen LogP contribution in [-0.4, -0.2) is 41.8 Å². The fourth-order valence-corrected chi connectivity index (χ4v) is 2.36. The van der Waals surface area contributed by atoms with Gasteiger partial charge in [-0.25, -0.2) is 4.79 Å². The maximum absolute atomic E-state index is 12.5. The van der Waals surface area contributed by atoms with Gasteiger partial charge in [-0.1, -0.05) is 0 Å². The number of carbonyl (C=O) groups is 4.